The Bertz CT molecular complexity index is 987. The highest BCUT2D eigenvalue weighted by Crippen LogP contribution is 2.47. The molecule has 2 rings (SSSR count). The van der Waals surface area contributed by atoms with E-state index in [9.17, 15) is 18.0 Å². The van der Waals surface area contributed by atoms with E-state index in [2.05, 4.69) is 54.6 Å². The van der Waals surface area contributed by atoms with Gasteiger partial charge in [-0.2, -0.15) is 8.42 Å². The van der Waals surface area contributed by atoms with Crippen LogP contribution in [0.5, 0.6) is 0 Å². The van der Waals surface area contributed by atoms with Crippen molar-refractivity contribution < 1.29 is 40.5 Å². The minimum absolute atomic E-state index is 0.0456. The van der Waals surface area contributed by atoms with E-state index in [0.29, 0.717) is 5.57 Å². The second-order valence-corrected chi connectivity index (χ2v) is 23.5. The minimum Gasteiger partial charge on any atom is -0.468 e. The molecule has 0 N–H and O–H groups in total. The SMILES string of the molecule is COC(=O)[C@@H]1C2=C(COC2=O)[C@H](O[Si](C)(C)C(C)(C)C)[C@H](O[Si](C)(C)C(C)(C)C)[C@@H]1OS(C)(=O)=O. The van der Waals surface area contributed by atoms with Crippen molar-refractivity contribution in [1.82, 2.24) is 0 Å². The molecule has 0 aromatic heterocycles. The molecule has 4 atom stereocenters. The Hall–Kier alpha value is -1.06. The number of methoxy groups -OCH3 is 1. The molecule has 202 valence electrons. The first-order valence-corrected chi connectivity index (χ1v) is 19.4. The van der Waals surface area contributed by atoms with Crippen LogP contribution < -0.4 is 0 Å². The lowest BCUT2D eigenvalue weighted by Gasteiger charge is -2.49. The number of carbonyl (C=O) groups is 2. The normalized spacial score (nSPS) is 26.5. The molecule has 0 fully saturated rings. The third-order valence-corrected chi connectivity index (χ3v) is 17.2. The Morgan fingerprint density at radius 3 is 1.86 bits per heavy atom. The summed E-state index contributed by atoms with van der Waals surface area (Å²) in [6.07, 6.45) is -2.24. The van der Waals surface area contributed by atoms with Crippen LogP contribution in [0, 0.1) is 5.92 Å². The third-order valence-electron chi connectivity index (χ3n) is 7.74. The Labute approximate surface area is 212 Å². The maximum Gasteiger partial charge on any atom is 0.335 e. The second-order valence-electron chi connectivity index (χ2n) is 12.4. The smallest absolute Gasteiger partial charge is 0.335 e. The summed E-state index contributed by atoms with van der Waals surface area (Å²) >= 11 is 0. The van der Waals surface area contributed by atoms with Crippen molar-refractivity contribution >= 4 is 38.7 Å². The number of esters is 2. The van der Waals surface area contributed by atoms with Gasteiger partial charge in [-0.25, -0.2) is 4.79 Å². The van der Waals surface area contributed by atoms with Crippen LogP contribution in [0.1, 0.15) is 41.5 Å². The first-order chi connectivity index (χ1) is 15.5. The van der Waals surface area contributed by atoms with Gasteiger partial charge in [-0.15, -0.1) is 0 Å². The highest BCUT2D eigenvalue weighted by Gasteiger charge is 2.58. The number of hydrogen-bond donors (Lipinski definition) is 0. The molecule has 1 aliphatic carbocycles. The molecule has 0 bridgehead atoms. The zero-order chi connectivity index (χ0) is 27.4. The van der Waals surface area contributed by atoms with Gasteiger partial charge in [0.25, 0.3) is 10.1 Å². The number of ether oxygens (including phenoxy) is 2. The van der Waals surface area contributed by atoms with E-state index in [1.807, 2.05) is 13.1 Å². The van der Waals surface area contributed by atoms with Crippen molar-refractivity contribution in [2.24, 2.45) is 5.92 Å². The molecule has 12 heteroatoms. The van der Waals surface area contributed by atoms with Crippen LogP contribution in [0.2, 0.25) is 36.3 Å². The van der Waals surface area contributed by atoms with Gasteiger partial charge in [0.15, 0.2) is 16.6 Å². The molecule has 35 heavy (non-hydrogen) atoms. The Morgan fingerprint density at radius 1 is 0.943 bits per heavy atom. The zero-order valence-corrected chi connectivity index (χ0v) is 25.9. The van der Waals surface area contributed by atoms with Crippen molar-refractivity contribution in [2.45, 2.75) is 96.1 Å². The maximum absolute atomic E-state index is 13.0. The first-order valence-electron chi connectivity index (χ1n) is 11.8. The number of cyclic esters (lactones) is 1. The molecule has 0 unspecified atom stereocenters. The lowest BCUT2D eigenvalue weighted by atomic mass is 9.78. The quantitative estimate of drug-likeness (QED) is 0.265. The summed E-state index contributed by atoms with van der Waals surface area (Å²) in [5.41, 5.74) is 0.538. The van der Waals surface area contributed by atoms with Crippen LogP contribution in [0.3, 0.4) is 0 Å². The Balaban J connectivity index is 2.83. The van der Waals surface area contributed by atoms with Gasteiger partial charge in [-0.1, -0.05) is 41.5 Å². The largest absolute Gasteiger partial charge is 0.468 e. The van der Waals surface area contributed by atoms with E-state index in [4.69, 9.17) is 22.5 Å². The van der Waals surface area contributed by atoms with Gasteiger partial charge in [0.05, 0.1) is 25.0 Å². The van der Waals surface area contributed by atoms with E-state index in [0.717, 1.165) is 6.26 Å². The number of hydrogen-bond acceptors (Lipinski definition) is 9. The van der Waals surface area contributed by atoms with Gasteiger partial charge in [-0.05, 0) is 36.3 Å². The second kappa shape index (κ2) is 9.68. The summed E-state index contributed by atoms with van der Waals surface area (Å²) in [6.45, 7) is 20.5. The highest BCUT2D eigenvalue weighted by atomic mass is 32.2. The van der Waals surface area contributed by atoms with Gasteiger partial charge in [0.2, 0.25) is 0 Å². The molecule has 0 spiro atoms. The number of rotatable bonds is 7. The topological polar surface area (TPSA) is 114 Å². The van der Waals surface area contributed by atoms with Crippen LogP contribution in [0.4, 0.5) is 0 Å². The van der Waals surface area contributed by atoms with Gasteiger partial charge in [-0.3, -0.25) is 8.98 Å². The summed E-state index contributed by atoms with van der Waals surface area (Å²) < 4.78 is 54.3. The monoisotopic (exact) mass is 550 g/mol. The lowest BCUT2D eigenvalue weighted by Crippen LogP contribution is -2.61. The molecule has 2 aliphatic rings. The van der Waals surface area contributed by atoms with E-state index >= 15 is 0 Å². The number of carbonyl (C=O) groups excluding carboxylic acids is 2. The first kappa shape index (κ1) is 30.2. The molecule has 0 radical (unpaired) electrons. The molecule has 1 heterocycles. The third kappa shape index (κ3) is 6.27. The summed E-state index contributed by atoms with van der Waals surface area (Å²) in [7, 11) is -7.89. The molecule has 0 saturated heterocycles. The van der Waals surface area contributed by atoms with Crippen molar-refractivity contribution in [3.8, 4) is 0 Å². The molecule has 9 nitrogen and oxygen atoms in total. The van der Waals surface area contributed by atoms with Crippen molar-refractivity contribution in [1.29, 1.82) is 0 Å². The molecule has 0 aromatic carbocycles. The van der Waals surface area contributed by atoms with E-state index in [-0.39, 0.29) is 22.3 Å². The van der Waals surface area contributed by atoms with Crippen LogP contribution in [-0.2, 0) is 42.2 Å². The molecule has 0 saturated carbocycles. The fourth-order valence-electron chi connectivity index (χ4n) is 3.69. The fraction of sp³-hybridized carbons (Fsp3) is 0.826. The molecular weight excluding hydrogens is 508 g/mol. The molecular formula is C23H42O9SSi2. The average molecular weight is 551 g/mol. The molecule has 1 aliphatic heterocycles. The van der Waals surface area contributed by atoms with E-state index in [1.54, 1.807) is 0 Å². The minimum atomic E-state index is -4.06. The van der Waals surface area contributed by atoms with Crippen LogP contribution in [-0.4, -0.2) is 75.3 Å². The predicted octanol–water partition coefficient (Wildman–Crippen LogP) is 3.77. The van der Waals surface area contributed by atoms with Crippen molar-refractivity contribution in [2.75, 3.05) is 20.0 Å². The standard InChI is InChI=1S/C23H42O9SSi2/c1-22(2,3)34(9,10)31-17-14-13-29-21(25)15(14)16(20(24)28-7)18(30-33(8,26)27)19(17)32-35(11,12)23(4,5)6/h16-19H,13H2,1-12H3/t16-,17+,18-,19+/m1/s1. The lowest BCUT2D eigenvalue weighted by molar-refractivity contribution is -0.153. The van der Waals surface area contributed by atoms with Crippen LogP contribution in [0.15, 0.2) is 11.1 Å². The summed E-state index contributed by atoms with van der Waals surface area (Å²) in [4.78, 5) is 25.8. The Kier molecular flexibility index (Phi) is 8.34. The van der Waals surface area contributed by atoms with E-state index < -0.39 is 62.9 Å². The van der Waals surface area contributed by atoms with Crippen LogP contribution in [0.25, 0.3) is 0 Å². The Morgan fingerprint density at radius 2 is 1.43 bits per heavy atom. The van der Waals surface area contributed by atoms with Gasteiger partial charge >= 0.3 is 11.9 Å². The van der Waals surface area contributed by atoms with Gasteiger partial charge in [0.1, 0.15) is 24.7 Å². The molecule has 0 aromatic rings. The predicted molar refractivity (Wildman–Crippen MR) is 137 cm³/mol. The zero-order valence-electron chi connectivity index (χ0n) is 23.1. The highest BCUT2D eigenvalue weighted by molar-refractivity contribution is 7.86. The van der Waals surface area contributed by atoms with Crippen molar-refractivity contribution in [3.05, 3.63) is 11.1 Å². The summed E-state index contributed by atoms with van der Waals surface area (Å²) in [6, 6.07) is 0. The molecule has 0 amide bonds. The van der Waals surface area contributed by atoms with Crippen LogP contribution >= 0.6 is 0 Å². The van der Waals surface area contributed by atoms with Gasteiger partial charge in [0, 0.05) is 5.57 Å². The van der Waals surface area contributed by atoms with E-state index in [1.165, 1.54) is 7.11 Å². The van der Waals surface area contributed by atoms with Gasteiger partial charge < -0.3 is 18.3 Å². The van der Waals surface area contributed by atoms with Crippen molar-refractivity contribution in [3.63, 3.8) is 0 Å². The average Bonchev–Trinajstić information content (AvgIpc) is 3.02. The maximum atomic E-state index is 13.0. The fourth-order valence-corrected chi connectivity index (χ4v) is 6.87. The summed E-state index contributed by atoms with van der Waals surface area (Å²) in [5.74, 6) is -2.82. The summed E-state index contributed by atoms with van der Waals surface area (Å²) in [5, 5.41) is -0.424.